The van der Waals surface area contributed by atoms with Crippen LogP contribution in [0.15, 0.2) is 28.1 Å². The van der Waals surface area contributed by atoms with Gasteiger partial charge in [-0.15, -0.1) is 11.3 Å². The standard InChI is InChI=1S/C13H14N2O4S/c1-3-18-12(16)8-15(2)13(17)9-7-10(19-14-9)11-5-4-6-20-11/h4-7H,3,8H2,1-2H3. The van der Waals surface area contributed by atoms with Crippen LogP contribution in [0.1, 0.15) is 17.4 Å². The SMILES string of the molecule is CCOC(=O)CN(C)C(=O)c1cc(-c2cccs2)on1. The summed E-state index contributed by atoms with van der Waals surface area (Å²) in [4.78, 5) is 25.5. The van der Waals surface area contributed by atoms with E-state index in [0.29, 0.717) is 5.76 Å². The number of rotatable bonds is 5. The molecule has 0 fully saturated rings. The van der Waals surface area contributed by atoms with Gasteiger partial charge < -0.3 is 14.2 Å². The minimum atomic E-state index is -0.453. The number of ether oxygens (including phenoxy) is 1. The number of likely N-dealkylation sites (N-methyl/N-ethyl adjacent to an activating group) is 1. The van der Waals surface area contributed by atoms with Crippen molar-refractivity contribution in [3.63, 3.8) is 0 Å². The molecule has 0 saturated heterocycles. The predicted octanol–water partition coefficient (Wildman–Crippen LogP) is 2.04. The van der Waals surface area contributed by atoms with Crippen LogP contribution in [0.25, 0.3) is 10.6 Å². The Kier molecular flexibility index (Phi) is 4.52. The summed E-state index contributed by atoms with van der Waals surface area (Å²) in [6.07, 6.45) is 0. The molecule has 0 aromatic carbocycles. The molecule has 0 bridgehead atoms. The maximum atomic E-state index is 12.1. The van der Waals surface area contributed by atoms with Gasteiger partial charge >= 0.3 is 5.97 Å². The van der Waals surface area contributed by atoms with Crippen LogP contribution in [0, 0.1) is 0 Å². The maximum absolute atomic E-state index is 12.1. The van der Waals surface area contributed by atoms with Crippen LogP contribution in [-0.4, -0.2) is 42.1 Å². The van der Waals surface area contributed by atoms with E-state index in [9.17, 15) is 9.59 Å². The van der Waals surface area contributed by atoms with E-state index in [4.69, 9.17) is 9.26 Å². The number of amides is 1. The van der Waals surface area contributed by atoms with Gasteiger partial charge in [-0.3, -0.25) is 9.59 Å². The van der Waals surface area contributed by atoms with E-state index in [1.165, 1.54) is 23.3 Å². The normalized spacial score (nSPS) is 10.3. The second kappa shape index (κ2) is 6.33. The Labute approximate surface area is 119 Å². The Morgan fingerprint density at radius 3 is 2.95 bits per heavy atom. The number of carbonyl (C=O) groups excluding carboxylic acids is 2. The van der Waals surface area contributed by atoms with E-state index in [-0.39, 0.29) is 24.8 Å². The first-order valence-corrected chi connectivity index (χ1v) is 6.91. The minimum Gasteiger partial charge on any atom is -0.465 e. The fourth-order valence-corrected chi connectivity index (χ4v) is 2.25. The predicted molar refractivity (Wildman–Crippen MR) is 73.4 cm³/mol. The lowest BCUT2D eigenvalue weighted by Gasteiger charge is -2.13. The highest BCUT2D eigenvalue weighted by Gasteiger charge is 2.20. The van der Waals surface area contributed by atoms with Gasteiger partial charge in [-0.25, -0.2) is 0 Å². The van der Waals surface area contributed by atoms with Gasteiger partial charge in [0.2, 0.25) is 0 Å². The summed E-state index contributed by atoms with van der Waals surface area (Å²) in [6, 6.07) is 5.33. The van der Waals surface area contributed by atoms with E-state index >= 15 is 0 Å². The second-order valence-electron chi connectivity index (χ2n) is 4.02. The largest absolute Gasteiger partial charge is 0.465 e. The molecule has 0 spiro atoms. The summed E-state index contributed by atoms with van der Waals surface area (Å²) in [5, 5.41) is 5.64. The van der Waals surface area contributed by atoms with Crippen molar-refractivity contribution in [2.45, 2.75) is 6.92 Å². The molecule has 0 aliphatic carbocycles. The molecule has 6 nitrogen and oxygen atoms in total. The lowest BCUT2D eigenvalue weighted by atomic mass is 10.3. The Balaban J connectivity index is 2.04. The van der Waals surface area contributed by atoms with Crippen LogP contribution in [0.3, 0.4) is 0 Å². The minimum absolute atomic E-state index is 0.117. The first-order chi connectivity index (χ1) is 9.61. The quantitative estimate of drug-likeness (QED) is 0.789. The Morgan fingerprint density at radius 1 is 1.50 bits per heavy atom. The summed E-state index contributed by atoms with van der Waals surface area (Å²) < 4.78 is 9.92. The molecular weight excluding hydrogens is 280 g/mol. The molecule has 106 valence electrons. The van der Waals surface area contributed by atoms with Crippen molar-refractivity contribution >= 4 is 23.2 Å². The summed E-state index contributed by atoms with van der Waals surface area (Å²) in [6.45, 7) is 1.88. The zero-order valence-electron chi connectivity index (χ0n) is 11.2. The van der Waals surface area contributed by atoms with Gasteiger partial charge in [0, 0.05) is 13.1 Å². The molecular formula is C13H14N2O4S. The molecule has 0 atom stereocenters. The molecule has 0 aliphatic rings. The van der Waals surface area contributed by atoms with Crippen LogP contribution in [0.2, 0.25) is 0 Å². The van der Waals surface area contributed by atoms with Crippen molar-refractivity contribution in [3.05, 3.63) is 29.3 Å². The van der Waals surface area contributed by atoms with E-state index in [1.54, 1.807) is 13.0 Å². The van der Waals surface area contributed by atoms with Crippen molar-refractivity contribution in [3.8, 4) is 10.6 Å². The fourth-order valence-electron chi connectivity index (χ4n) is 1.58. The number of carbonyl (C=O) groups is 2. The topological polar surface area (TPSA) is 72.6 Å². The van der Waals surface area contributed by atoms with Gasteiger partial charge in [0.1, 0.15) is 6.54 Å². The number of thiophene rings is 1. The molecule has 2 rings (SSSR count). The van der Waals surface area contributed by atoms with Gasteiger partial charge in [-0.05, 0) is 18.4 Å². The number of esters is 1. The van der Waals surface area contributed by atoms with Crippen LogP contribution in [0.4, 0.5) is 0 Å². The van der Waals surface area contributed by atoms with Gasteiger partial charge in [0.15, 0.2) is 11.5 Å². The van der Waals surface area contributed by atoms with E-state index in [0.717, 1.165) is 4.88 Å². The van der Waals surface area contributed by atoms with Gasteiger partial charge in [-0.1, -0.05) is 11.2 Å². The highest BCUT2D eigenvalue weighted by atomic mass is 32.1. The molecule has 0 radical (unpaired) electrons. The van der Waals surface area contributed by atoms with E-state index < -0.39 is 5.97 Å². The third-order valence-electron chi connectivity index (χ3n) is 2.51. The monoisotopic (exact) mass is 294 g/mol. The molecule has 0 unspecified atom stereocenters. The number of hydrogen-bond acceptors (Lipinski definition) is 6. The highest BCUT2D eigenvalue weighted by molar-refractivity contribution is 7.13. The van der Waals surface area contributed by atoms with Crippen LogP contribution < -0.4 is 0 Å². The Hall–Kier alpha value is -2.15. The van der Waals surface area contributed by atoms with Crippen molar-refractivity contribution in [1.82, 2.24) is 10.1 Å². The molecule has 1 amide bonds. The van der Waals surface area contributed by atoms with Crippen molar-refractivity contribution < 1.29 is 18.8 Å². The number of nitrogens with zero attached hydrogens (tertiary/aromatic N) is 2. The summed E-state index contributed by atoms with van der Waals surface area (Å²) >= 11 is 1.49. The van der Waals surface area contributed by atoms with Crippen LogP contribution in [-0.2, 0) is 9.53 Å². The van der Waals surface area contributed by atoms with Crippen molar-refractivity contribution in [2.24, 2.45) is 0 Å². The summed E-state index contributed by atoms with van der Waals surface area (Å²) in [5.74, 6) is -0.303. The summed E-state index contributed by atoms with van der Waals surface area (Å²) in [5.41, 5.74) is 0.167. The highest BCUT2D eigenvalue weighted by Crippen LogP contribution is 2.25. The summed E-state index contributed by atoms with van der Waals surface area (Å²) in [7, 11) is 1.51. The van der Waals surface area contributed by atoms with Crippen molar-refractivity contribution in [2.75, 3.05) is 20.2 Å². The molecule has 2 aromatic rings. The smallest absolute Gasteiger partial charge is 0.325 e. The second-order valence-corrected chi connectivity index (χ2v) is 4.97. The van der Waals surface area contributed by atoms with E-state index in [2.05, 4.69) is 5.16 Å². The fraction of sp³-hybridized carbons (Fsp3) is 0.308. The average Bonchev–Trinajstić information content (AvgIpc) is 3.08. The molecule has 0 N–H and O–H groups in total. The zero-order chi connectivity index (χ0) is 14.5. The number of aromatic nitrogens is 1. The average molecular weight is 294 g/mol. The van der Waals surface area contributed by atoms with Gasteiger partial charge in [0.25, 0.3) is 5.91 Å². The third kappa shape index (κ3) is 3.24. The molecule has 20 heavy (non-hydrogen) atoms. The maximum Gasteiger partial charge on any atom is 0.325 e. The molecule has 0 saturated carbocycles. The molecule has 0 aliphatic heterocycles. The lowest BCUT2D eigenvalue weighted by molar-refractivity contribution is -0.143. The third-order valence-corrected chi connectivity index (χ3v) is 3.40. The van der Waals surface area contributed by atoms with Gasteiger partial charge in [0.05, 0.1) is 11.5 Å². The molecule has 2 aromatic heterocycles. The van der Waals surface area contributed by atoms with Gasteiger partial charge in [-0.2, -0.15) is 0 Å². The Morgan fingerprint density at radius 2 is 2.30 bits per heavy atom. The van der Waals surface area contributed by atoms with Crippen LogP contribution >= 0.6 is 11.3 Å². The Bertz CT molecular complexity index is 591. The first kappa shape index (κ1) is 14.3. The molecule has 2 heterocycles. The zero-order valence-corrected chi connectivity index (χ0v) is 12.0. The van der Waals surface area contributed by atoms with Crippen molar-refractivity contribution in [1.29, 1.82) is 0 Å². The van der Waals surface area contributed by atoms with E-state index in [1.807, 2.05) is 17.5 Å². The van der Waals surface area contributed by atoms with Crippen LogP contribution in [0.5, 0.6) is 0 Å². The lowest BCUT2D eigenvalue weighted by Crippen LogP contribution is -2.33. The first-order valence-electron chi connectivity index (χ1n) is 6.03. The molecule has 7 heteroatoms. The number of hydrogen-bond donors (Lipinski definition) is 0.